The van der Waals surface area contributed by atoms with Gasteiger partial charge < -0.3 is 9.47 Å². The van der Waals surface area contributed by atoms with Gasteiger partial charge in [-0.3, -0.25) is 9.10 Å². The standard InChI is InChI=1S/C26H35N3O5S/c1-26(2,3)19-11-13-20(14-12-19)27-28-25(30)18-29(35(31,32)22-9-7-6-8-10-22)21-15-16-23(33-4)24(17-21)34-5/h6-10,15-17,19H,11-14,18H2,1-5H3,(H,28,30). The monoisotopic (exact) mass is 501 g/mol. The van der Waals surface area contributed by atoms with Crippen LogP contribution in [0.1, 0.15) is 46.5 Å². The van der Waals surface area contributed by atoms with E-state index in [-0.39, 0.29) is 16.0 Å². The number of anilines is 1. The molecule has 2 aromatic carbocycles. The van der Waals surface area contributed by atoms with Crippen LogP contribution in [-0.4, -0.2) is 40.8 Å². The summed E-state index contributed by atoms with van der Waals surface area (Å²) in [5.74, 6) is 0.906. The number of rotatable bonds is 8. The van der Waals surface area contributed by atoms with Crippen LogP contribution in [0, 0.1) is 11.3 Å². The second-order valence-corrected chi connectivity index (χ2v) is 11.6. The lowest BCUT2D eigenvalue weighted by molar-refractivity contribution is -0.119. The molecule has 1 saturated carbocycles. The zero-order valence-electron chi connectivity index (χ0n) is 21.1. The van der Waals surface area contributed by atoms with Crippen LogP contribution in [0.25, 0.3) is 0 Å². The Morgan fingerprint density at radius 1 is 1.03 bits per heavy atom. The first-order valence-corrected chi connectivity index (χ1v) is 13.1. The largest absolute Gasteiger partial charge is 0.493 e. The van der Waals surface area contributed by atoms with E-state index in [0.717, 1.165) is 35.7 Å². The van der Waals surface area contributed by atoms with Crippen LogP contribution in [0.4, 0.5) is 5.69 Å². The van der Waals surface area contributed by atoms with E-state index in [0.29, 0.717) is 17.4 Å². The molecule has 1 aliphatic carbocycles. The van der Waals surface area contributed by atoms with Crippen molar-refractivity contribution in [2.45, 2.75) is 51.3 Å². The molecule has 0 unspecified atom stereocenters. The highest BCUT2D eigenvalue weighted by Crippen LogP contribution is 2.37. The number of methoxy groups -OCH3 is 2. The Morgan fingerprint density at radius 3 is 2.23 bits per heavy atom. The number of hydrogen-bond acceptors (Lipinski definition) is 6. The summed E-state index contributed by atoms with van der Waals surface area (Å²) in [7, 11) is -1.07. The van der Waals surface area contributed by atoms with Crippen LogP contribution < -0.4 is 19.2 Å². The molecule has 9 heteroatoms. The van der Waals surface area contributed by atoms with Crippen molar-refractivity contribution in [1.29, 1.82) is 0 Å². The summed E-state index contributed by atoms with van der Waals surface area (Å²) in [5.41, 5.74) is 4.03. The number of amides is 1. The predicted octanol–water partition coefficient (Wildman–Crippen LogP) is 4.61. The summed E-state index contributed by atoms with van der Waals surface area (Å²) in [4.78, 5) is 12.9. The molecule has 0 bridgehead atoms. The number of nitrogens with one attached hydrogen (secondary N) is 1. The summed E-state index contributed by atoms with van der Waals surface area (Å²) in [6.07, 6.45) is 3.70. The average Bonchev–Trinajstić information content (AvgIpc) is 2.85. The van der Waals surface area contributed by atoms with E-state index < -0.39 is 22.5 Å². The molecule has 0 spiro atoms. The summed E-state index contributed by atoms with van der Waals surface area (Å²) < 4.78 is 38.7. The van der Waals surface area contributed by atoms with Gasteiger partial charge in [0.2, 0.25) is 0 Å². The third-order valence-corrected chi connectivity index (χ3v) is 8.19. The number of nitrogens with zero attached hydrogens (tertiary/aromatic N) is 2. The van der Waals surface area contributed by atoms with Gasteiger partial charge in [0, 0.05) is 11.8 Å². The van der Waals surface area contributed by atoms with Crippen molar-refractivity contribution in [3.63, 3.8) is 0 Å². The minimum atomic E-state index is -4.03. The van der Waals surface area contributed by atoms with Gasteiger partial charge in [-0.25, -0.2) is 13.8 Å². The Hall–Kier alpha value is -3.07. The number of carbonyl (C=O) groups is 1. The van der Waals surface area contributed by atoms with Crippen molar-refractivity contribution in [3.05, 3.63) is 48.5 Å². The summed E-state index contributed by atoms with van der Waals surface area (Å²) in [6, 6.07) is 12.7. The van der Waals surface area contributed by atoms with Crippen LogP contribution in [0.3, 0.4) is 0 Å². The second kappa shape index (κ2) is 11.1. The number of sulfonamides is 1. The molecule has 1 N–H and O–H groups in total. The maximum atomic E-state index is 13.5. The van der Waals surface area contributed by atoms with E-state index in [1.54, 1.807) is 30.3 Å². The Bertz CT molecular complexity index is 1150. The van der Waals surface area contributed by atoms with Gasteiger partial charge in [-0.15, -0.1) is 0 Å². The topological polar surface area (TPSA) is 97.3 Å². The minimum absolute atomic E-state index is 0.0781. The number of hydrogen-bond donors (Lipinski definition) is 1. The highest BCUT2D eigenvalue weighted by molar-refractivity contribution is 7.92. The lowest BCUT2D eigenvalue weighted by atomic mass is 9.72. The van der Waals surface area contributed by atoms with Crippen LogP contribution in [0.5, 0.6) is 11.5 Å². The maximum absolute atomic E-state index is 13.5. The Kier molecular flexibility index (Phi) is 8.43. The van der Waals surface area contributed by atoms with Crippen molar-refractivity contribution in [1.82, 2.24) is 5.43 Å². The number of hydrazone groups is 1. The Labute approximate surface area is 208 Å². The zero-order chi connectivity index (χ0) is 25.6. The predicted molar refractivity (Wildman–Crippen MR) is 138 cm³/mol. The highest BCUT2D eigenvalue weighted by atomic mass is 32.2. The van der Waals surface area contributed by atoms with Crippen LogP contribution in [0.15, 0.2) is 58.5 Å². The van der Waals surface area contributed by atoms with E-state index in [2.05, 4.69) is 31.3 Å². The molecule has 2 aromatic rings. The molecule has 0 heterocycles. The zero-order valence-corrected chi connectivity index (χ0v) is 21.9. The number of benzene rings is 2. The van der Waals surface area contributed by atoms with Gasteiger partial charge in [0.05, 0.1) is 24.8 Å². The maximum Gasteiger partial charge on any atom is 0.264 e. The van der Waals surface area contributed by atoms with E-state index in [1.807, 2.05) is 0 Å². The quantitative estimate of drug-likeness (QED) is 0.533. The molecule has 190 valence electrons. The summed E-state index contributed by atoms with van der Waals surface area (Å²) >= 11 is 0. The van der Waals surface area contributed by atoms with Crippen molar-refractivity contribution in [2.24, 2.45) is 16.4 Å². The number of carbonyl (C=O) groups excluding carboxylic acids is 1. The van der Waals surface area contributed by atoms with Gasteiger partial charge in [0.15, 0.2) is 11.5 Å². The molecule has 35 heavy (non-hydrogen) atoms. The average molecular weight is 502 g/mol. The molecular weight excluding hydrogens is 466 g/mol. The minimum Gasteiger partial charge on any atom is -0.493 e. The normalized spacial score (nSPS) is 16.4. The van der Waals surface area contributed by atoms with Gasteiger partial charge in [0.25, 0.3) is 15.9 Å². The van der Waals surface area contributed by atoms with Crippen molar-refractivity contribution in [3.8, 4) is 11.5 Å². The molecular formula is C26H35N3O5S. The molecule has 3 rings (SSSR count). The fourth-order valence-electron chi connectivity index (χ4n) is 4.25. The fourth-order valence-corrected chi connectivity index (χ4v) is 5.68. The third kappa shape index (κ3) is 6.54. The van der Waals surface area contributed by atoms with Crippen LogP contribution in [-0.2, 0) is 14.8 Å². The van der Waals surface area contributed by atoms with Crippen LogP contribution in [0.2, 0.25) is 0 Å². The van der Waals surface area contributed by atoms with E-state index in [1.165, 1.54) is 32.4 Å². The smallest absolute Gasteiger partial charge is 0.264 e. The molecule has 1 aliphatic rings. The molecule has 0 aliphatic heterocycles. The molecule has 0 aromatic heterocycles. The first kappa shape index (κ1) is 26.5. The third-order valence-electron chi connectivity index (χ3n) is 6.40. The lowest BCUT2D eigenvalue weighted by Gasteiger charge is -2.34. The second-order valence-electron chi connectivity index (χ2n) is 9.72. The van der Waals surface area contributed by atoms with Crippen LogP contribution >= 0.6 is 0 Å². The van der Waals surface area contributed by atoms with Gasteiger partial charge >= 0.3 is 0 Å². The van der Waals surface area contributed by atoms with Gasteiger partial charge in [-0.1, -0.05) is 39.0 Å². The summed E-state index contributed by atoms with van der Waals surface area (Å²) in [6.45, 7) is 6.31. The van der Waals surface area contributed by atoms with Crippen molar-refractivity contribution >= 4 is 27.3 Å². The molecule has 0 radical (unpaired) electrons. The number of ether oxygens (including phenoxy) is 2. The molecule has 1 amide bonds. The Morgan fingerprint density at radius 2 is 1.66 bits per heavy atom. The SMILES string of the molecule is COc1ccc(N(CC(=O)NN=C2CCC(C(C)(C)C)CC2)S(=O)(=O)c2ccccc2)cc1OC. The molecule has 1 fully saturated rings. The van der Waals surface area contributed by atoms with E-state index >= 15 is 0 Å². The molecule has 0 atom stereocenters. The fraction of sp³-hybridized carbons (Fsp3) is 0.462. The van der Waals surface area contributed by atoms with Crippen molar-refractivity contribution < 1.29 is 22.7 Å². The first-order valence-electron chi connectivity index (χ1n) is 11.7. The highest BCUT2D eigenvalue weighted by Gasteiger charge is 2.29. The molecule has 0 saturated heterocycles. The van der Waals surface area contributed by atoms with E-state index in [4.69, 9.17) is 9.47 Å². The van der Waals surface area contributed by atoms with Gasteiger partial charge in [0.1, 0.15) is 6.54 Å². The first-order chi connectivity index (χ1) is 16.6. The van der Waals surface area contributed by atoms with Gasteiger partial charge in [-0.05, 0) is 61.3 Å². The van der Waals surface area contributed by atoms with E-state index in [9.17, 15) is 13.2 Å². The Balaban J connectivity index is 1.82. The molecule has 8 nitrogen and oxygen atoms in total. The summed E-state index contributed by atoms with van der Waals surface area (Å²) in [5, 5.41) is 4.31. The van der Waals surface area contributed by atoms with Gasteiger partial charge in [-0.2, -0.15) is 5.10 Å². The lowest BCUT2D eigenvalue weighted by Crippen LogP contribution is -2.40. The van der Waals surface area contributed by atoms with Crippen molar-refractivity contribution in [2.75, 3.05) is 25.1 Å².